The number of alkyl halides is 3. The van der Waals surface area contributed by atoms with Crippen LogP contribution in [-0.2, 0) is 17.5 Å². The summed E-state index contributed by atoms with van der Waals surface area (Å²) in [6.07, 6.45) is 2.86. The van der Waals surface area contributed by atoms with Gasteiger partial charge in [0.05, 0.1) is 17.4 Å². The number of carbonyl (C=O) groups excluding carboxylic acids is 1. The number of nitrogens with zero attached hydrogens (tertiary/aromatic N) is 4. The molecule has 2 aliphatic rings. The minimum atomic E-state index is -4.35. The quantitative estimate of drug-likeness (QED) is 0.780. The first-order chi connectivity index (χ1) is 14.9. The van der Waals surface area contributed by atoms with E-state index in [2.05, 4.69) is 25.1 Å². The van der Waals surface area contributed by atoms with Crippen molar-refractivity contribution in [2.24, 2.45) is 5.92 Å². The Hall–Kier alpha value is -2.84. The molecule has 2 aromatic rings. The smallest absolute Gasteiger partial charge is 0.367 e. The fourth-order valence-electron chi connectivity index (χ4n) is 4.24. The highest BCUT2D eigenvalue weighted by Crippen LogP contribution is 2.32. The van der Waals surface area contributed by atoms with Crippen molar-refractivity contribution in [1.29, 1.82) is 0 Å². The average molecular weight is 433 g/mol. The van der Waals surface area contributed by atoms with Crippen LogP contribution in [0, 0.1) is 5.92 Å². The minimum absolute atomic E-state index is 0.0522. The molecule has 0 atom stereocenters. The van der Waals surface area contributed by atoms with Crippen LogP contribution in [0.5, 0.6) is 0 Å². The van der Waals surface area contributed by atoms with Gasteiger partial charge in [-0.1, -0.05) is 12.1 Å². The summed E-state index contributed by atoms with van der Waals surface area (Å²) in [6.45, 7) is 3.72. The standard InChI is InChI=1S/C22H26F3N5O/c23-22(24,25)18-5-3-16(4-6-18)13-27-21(31)17-7-11-29(12-8-17)19-14-26-15-28-20(19)30-9-1-2-10-30/h3-6,14-15,17H,1-2,7-13H2,(H,27,31). The number of anilines is 2. The predicted octanol–water partition coefficient (Wildman–Crippen LogP) is 3.63. The number of nitrogens with one attached hydrogen (secondary N) is 1. The molecule has 0 unspecified atom stereocenters. The molecule has 3 heterocycles. The first-order valence-corrected chi connectivity index (χ1v) is 10.7. The van der Waals surface area contributed by atoms with Gasteiger partial charge in [-0.05, 0) is 43.4 Å². The number of rotatable bonds is 5. The summed E-state index contributed by atoms with van der Waals surface area (Å²) in [6, 6.07) is 4.89. The van der Waals surface area contributed by atoms with E-state index in [0.29, 0.717) is 18.4 Å². The normalized spacial score (nSPS) is 17.8. The maximum Gasteiger partial charge on any atom is 0.416 e. The first-order valence-electron chi connectivity index (χ1n) is 10.7. The van der Waals surface area contributed by atoms with Gasteiger partial charge in [-0.2, -0.15) is 13.2 Å². The largest absolute Gasteiger partial charge is 0.416 e. The summed E-state index contributed by atoms with van der Waals surface area (Å²) in [4.78, 5) is 25.8. The van der Waals surface area contributed by atoms with Crippen LogP contribution in [0.25, 0.3) is 0 Å². The Balaban J connectivity index is 1.30. The van der Waals surface area contributed by atoms with Crippen LogP contribution < -0.4 is 15.1 Å². The van der Waals surface area contributed by atoms with Gasteiger partial charge in [0.1, 0.15) is 6.33 Å². The molecule has 0 spiro atoms. The number of amides is 1. The lowest BCUT2D eigenvalue weighted by molar-refractivity contribution is -0.137. The molecule has 2 aliphatic heterocycles. The number of hydrogen-bond donors (Lipinski definition) is 1. The van der Waals surface area contributed by atoms with Gasteiger partial charge in [-0.25, -0.2) is 9.97 Å². The molecule has 2 saturated heterocycles. The van der Waals surface area contributed by atoms with E-state index >= 15 is 0 Å². The van der Waals surface area contributed by atoms with E-state index in [1.54, 1.807) is 6.33 Å². The number of benzene rings is 1. The van der Waals surface area contributed by atoms with Crippen molar-refractivity contribution in [3.63, 3.8) is 0 Å². The van der Waals surface area contributed by atoms with E-state index in [-0.39, 0.29) is 18.4 Å². The van der Waals surface area contributed by atoms with Crippen molar-refractivity contribution in [2.75, 3.05) is 36.0 Å². The van der Waals surface area contributed by atoms with Crippen LogP contribution >= 0.6 is 0 Å². The van der Waals surface area contributed by atoms with E-state index < -0.39 is 11.7 Å². The lowest BCUT2D eigenvalue weighted by Gasteiger charge is -2.34. The second kappa shape index (κ2) is 9.11. The first kappa shape index (κ1) is 21.4. The number of carbonyl (C=O) groups is 1. The highest BCUT2D eigenvalue weighted by atomic mass is 19.4. The molecular formula is C22H26F3N5O. The lowest BCUT2D eigenvalue weighted by atomic mass is 9.95. The molecule has 31 heavy (non-hydrogen) atoms. The van der Waals surface area contributed by atoms with Gasteiger partial charge in [-0.15, -0.1) is 0 Å². The molecule has 1 aromatic heterocycles. The van der Waals surface area contributed by atoms with Crippen LogP contribution in [0.3, 0.4) is 0 Å². The average Bonchev–Trinajstić information content (AvgIpc) is 3.32. The van der Waals surface area contributed by atoms with Crippen LogP contribution in [0.1, 0.15) is 36.8 Å². The van der Waals surface area contributed by atoms with Gasteiger partial charge in [0, 0.05) is 38.6 Å². The molecular weight excluding hydrogens is 407 g/mol. The summed E-state index contributed by atoms with van der Waals surface area (Å²) in [5, 5.41) is 2.87. The Kier molecular flexibility index (Phi) is 6.29. The monoisotopic (exact) mass is 433 g/mol. The van der Waals surface area contributed by atoms with E-state index in [0.717, 1.165) is 49.8 Å². The maximum atomic E-state index is 12.7. The SMILES string of the molecule is O=C(NCc1ccc(C(F)(F)F)cc1)C1CCN(c2cncnc2N2CCCC2)CC1. The van der Waals surface area contributed by atoms with Crippen LogP contribution in [-0.4, -0.2) is 42.1 Å². The van der Waals surface area contributed by atoms with Crippen LogP contribution in [0.15, 0.2) is 36.8 Å². The summed E-state index contributed by atoms with van der Waals surface area (Å²) < 4.78 is 38.0. The van der Waals surface area contributed by atoms with Crippen molar-refractivity contribution in [3.05, 3.63) is 47.9 Å². The van der Waals surface area contributed by atoms with Crippen molar-refractivity contribution < 1.29 is 18.0 Å². The van der Waals surface area contributed by atoms with E-state index in [9.17, 15) is 18.0 Å². The molecule has 0 aliphatic carbocycles. The van der Waals surface area contributed by atoms with Gasteiger partial charge in [0.2, 0.25) is 5.91 Å². The van der Waals surface area contributed by atoms with Crippen LogP contribution in [0.4, 0.5) is 24.7 Å². The molecule has 4 rings (SSSR count). The number of hydrogen-bond acceptors (Lipinski definition) is 5. The number of aromatic nitrogens is 2. The van der Waals surface area contributed by atoms with Gasteiger partial charge in [-0.3, -0.25) is 4.79 Å². The highest BCUT2D eigenvalue weighted by Gasteiger charge is 2.30. The van der Waals surface area contributed by atoms with Crippen molar-refractivity contribution >= 4 is 17.4 Å². The topological polar surface area (TPSA) is 61.4 Å². The third-order valence-corrected chi connectivity index (χ3v) is 6.03. The highest BCUT2D eigenvalue weighted by molar-refractivity contribution is 5.79. The molecule has 6 nitrogen and oxygen atoms in total. The molecule has 0 bridgehead atoms. The second-order valence-corrected chi connectivity index (χ2v) is 8.10. The third kappa shape index (κ3) is 5.08. The Morgan fingerprint density at radius 2 is 1.71 bits per heavy atom. The van der Waals surface area contributed by atoms with E-state index in [4.69, 9.17) is 0 Å². The Labute approximate surface area is 179 Å². The molecule has 1 amide bonds. The molecule has 0 saturated carbocycles. The zero-order valence-electron chi connectivity index (χ0n) is 17.2. The lowest BCUT2D eigenvalue weighted by Crippen LogP contribution is -2.41. The predicted molar refractivity (Wildman–Crippen MR) is 112 cm³/mol. The van der Waals surface area contributed by atoms with Crippen molar-refractivity contribution in [1.82, 2.24) is 15.3 Å². The van der Waals surface area contributed by atoms with E-state index in [1.165, 1.54) is 25.0 Å². The molecule has 0 radical (unpaired) electrons. The van der Waals surface area contributed by atoms with Crippen molar-refractivity contribution in [2.45, 2.75) is 38.4 Å². The number of piperidine rings is 1. The minimum Gasteiger partial charge on any atom is -0.367 e. The van der Waals surface area contributed by atoms with E-state index in [1.807, 2.05) is 6.20 Å². The number of halogens is 3. The summed E-state index contributed by atoms with van der Waals surface area (Å²) in [5.74, 6) is 0.812. The summed E-state index contributed by atoms with van der Waals surface area (Å²) >= 11 is 0. The van der Waals surface area contributed by atoms with Crippen molar-refractivity contribution in [3.8, 4) is 0 Å². The maximum absolute atomic E-state index is 12.7. The fraction of sp³-hybridized carbons (Fsp3) is 0.500. The fourth-order valence-corrected chi connectivity index (χ4v) is 4.24. The summed E-state index contributed by atoms with van der Waals surface area (Å²) in [7, 11) is 0. The third-order valence-electron chi connectivity index (χ3n) is 6.03. The van der Waals surface area contributed by atoms with Crippen LogP contribution in [0.2, 0.25) is 0 Å². The zero-order valence-corrected chi connectivity index (χ0v) is 17.2. The second-order valence-electron chi connectivity index (χ2n) is 8.10. The zero-order chi connectivity index (χ0) is 21.8. The van der Waals surface area contributed by atoms with Gasteiger partial charge in [0.15, 0.2) is 5.82 Å². The summed E-state index contributed by atoms with van der Waals surface area (Å²) in [5.41, 5.74) is 0.983. The Morgan fingerprint density at radius 1 is 1.03 bits per heavy atom. The molecule has 1 N–H and O–H groups in total. The molecule has 9 heteroatoms. The van der Waals surface area contributed by atoms with Gasteiger partial charge in [0.25, 0.3) is 0 Å². The van der Waals surface area contributed by atoms with Gasteiger partial charge < -0.3 is 15.1 Å². The molecule has 166 valence electrons. The molecule has 2 fully saturated rings. The van der Waals surface area contributed by atoms with Gasteiger partial charge >= 0.3 is 6.18 Å². The Bertz CT molecular complexity index is 889. The molecule has 1 aromatic carbocycles. The Morgan fingerprint density at radius 3 is 2.35 bits per heavy atom.